The van der Waals surface area contributed by atoms with Crippen molar-refractivity contribution >= 4 is 11.8 Å². The molecule has 1 aromatic carbocycles. The highest BCUT2D eigenvalue weighted by Crippen LogP contribution is 2.31. The number of ether oxygens (including phenoxy) is 3. The lowest BCUT2D eigenvalue weighted by molar-refractivity contribution is -0.128. The Balaban J connectivity index is 2.32. The fraction of sp³-hybridized carbons (Fsp3) is 0.476. The molecule has 0 spiro atoms. The fourth-order valence-electron chi connectivity index (χ4n) is 2.58. The lowest BCUT2D eigenvalue weighted by atomic mass is 9.93. The van der Waals surface area contributed by atoms with Gasteiger partial charge in [0.15, 0.2) is 23.0 Å². The van der Waals surface area contributed by atoms with E-state index >= 15 is 0 Å². The number of oxazole rings is 1. The number of rotatable bonds is 9. The van der Waals surface area contributed by atoms with Crippen LogP contribution in [0.1, 0.15) is 62.0 Å². The van der Waals surface area contributed by atoms with Gasteiger partial charge in [-0.1, -0.05) is 6.07 Å². The molecule has 0 aliphatic rings. The first-order valence-electron chi connectivity index (χ1n) is 9.26. The van der Waals surface area contributed by atoms with Crippen LogP contribution in [0.5, 0.6) is 5.75 Å². The summed E-state index contributed by atoms with van der Waals surface area (Å²) >= 11 is 0. The number of hydrogen-bond donors (Lipinski definition) is 0. The number of hydrogen-bond acceptors (Lipinski definition) is 7. The highest BCUT2D eigenvalue weighted by atomic mass is 19.1. The predicted octanol–water partition coefficient (Wildman–Crippen LogP) is 3.91. The van der Waals surface area contributed by atoms with Crippen LogP contribution in [0.4, 0.5) is 4.39 Å². The van der Waals surface area contributed by atoms with Gasteiger partial charge in [-0.15, -0.1) is 0 Å². The van der Waals surface area contributed by atoms with E-state index in [-0.39, 0.29) is 42.8 Å². The molecule has 29 heavy (non-hydrogen) atoms. The van der Waals surface area contributed by atoms with Gasteiger partial charge in [-0.2, -0.15) is 0 Å². The minimum atomic E-state index is -0.699. The van der Waals surface area contributed by atoms with Crippen LogP contribution in [-0.2, 0) is 14.3 Å². The normalized spacial score (nSPS) is 12.5. The largest absolute Gasteiger partial charge is 0.494 e. The van der Waals surface area contributed by atoms with Gasteiger partial charge < -0.3 is 18.6 Å². The molecule has 0 bridgehead atoms. The SMILES string of the molecule is CCOC(=O)c1coc(C(CC(=O)COC(C)(C)C)c2ccc(OC)c(F)c2)n1. The monoisotopic (exact) mass is 407 g/mol. The molecule has 8 heteroatoms. The number of carbonyl (C=O) groups excluding carboxylic acids is 2. The van der Waals surface area contributed by atoms with E-state index in [4.69, 9.17) is 18.6 Å². The Morgan fingerprint density at radius 3 is 2.59 bits per heavy atom. The van der Waals surface area contributed by atoms with Crippen molar-refractivity contribution in [1.29, 1.82) is 0 Å². The molecule has 1 unspecified atom stereocenters. The first-order chi connectivity index (χ1) is 13.6. The first kappa shape index (κ1) is 22.5. The smallest absolute Gasteiger partial charge is 0.360 e. The zero-order chi connectivity index (χ0) is 21.6. The maximum absolute atomic E-state index is 14.2. The van der Waals surface area contributed by atoms with E-state index in [0.29, 0.717) is 5.56 Å². The minimum absolute atomic E-state index is 0.0146. The van der Waals surface area contributed by atoms with Crippen LogP contribution in [0.2, 0.25) is 0 Å². The van der Waals surface area contributed by atoms with E-state index in [0.717, 1.165) is 6.26 Å². The van der Waals surface area contributed by atoms with Crippen molar-refractivity contribution in [1.82, 2.24) is 4.98 Å². The molecule has 0 radical (unpaired) electrons. The second-order valence-corrected chi connectivity index (χ2v) is 7.38. The minimum Gasteiger partial charge on any atom is -0.494 e. The van der Waals surface area contributed by atoms with Crippen LogP contribution in [0.15, 0.2) is 28.9 Å². The van der Waals surface area contributed by atoms with Crippen molar-refractivity contribution in [2.75, 3.05) is 20.3 Å². The average molecular weight is 407 g/mol. The van der Waals surface area contributed by atoms with Crippen molar-refractivity contribution in [3.63, 3.8) is 0 Å². The van der Waals surface area contributed by atoms with Crippen LogP contribution in [0, 0.1) is 5.82 Å². The summed E-state index contributed by atoms with van der Waals surface area (Å²) in [4.78, 5) is 28.5. The Morgan fingerprint density at radius 1 is 1.28 bits per heavy atom. The van der Waals surface area contributed by atoms with Crippen LogP contribution >= 0.6 is 0 Å². The molecule has 0 N–H and O–H groups in total. The summed E-state index contributed by atoms with van der Waals surface area (Å²) in [6.45, 7) is 7.29. The number of Topliss-reactive ketones (excluding diaryl/α,β-unsaturated/α-hetero) is 1. The molecule has 0 aliphatic heterocycles. The Morgan fingerprint density at radius 2 is 2.00 bits per heavy atom. The molecule has 0 amide bonds. The second-order valence-electron chi connectivity index (χ2n) is 7.38. The van der Waals surface area contributed by atoms with Gasteiger partial charge in [-0.25, -0.2) is 14.2 Å². The summed E-state index contributed by atoms with van der Waals surface area (Å²) in [6, 6.07) is 4.34. The van der Waals surface area contributed by atoms with Crippen LogP contribution < -0.4 is 4.74 Å². The van der Waals surface area contributed by atoms with Gasteiger partial charge in [0.05, 0.1) is 25.2 Å². The number of methoxy groups -OCH3 is 1. The predicted molar refractivity (Wildman–Crippen MR) is 103 cm³/mol. The molecule has 0 saturated heterocycles. The Kier molecular flexibility index (Phi) is 7.50. The van der Waals surface area contributed by atoms with Crippen molar-refractivity contribution in [2.45, 2.75) is 45.6 Å². The third-order valence-corrected chi connectivity index (χ3v) is 3.98. The number of halogens is 1. The van der Waals surface area contributed by atoms with Crippen LogP contribution in [-0.4, -0.2) is 42.7 Å². The number of nitrogens with zero attached hydrogens (tertiary/aromatic N) is 1. The molecule has 7 nitrogen and oxygen atoms in total. The van der Waals surface area contributed by atoms with Gasteiger partial charge in [0.25, 0.3) is 0 Å². The van der Waals surface area contributed by atoms with E-state index in [2.05, 4.69) is 4.98 Å². The molecule has 0 saturated carbocycles. The maximum Gasteiger partial charge on any atom is 0.360 e. The van der Waals surface area contributed by atoms with Crippen molar-refractivity contribution in [2.24, 2.45) is 0 Å². The number of aromatic nitrogens is 1. The van der Waals surface area contributed by atoms with Gasteiger partial charge in [0.2, 0.25) is 5.89 Å². The molecule has 2 aromatic rings. The number of benzene rings is 1. The Hall–Kier alpha value is -2.74. The second kappa shape index (κ2) is 9.65. The maximum atomic E-state index is 14.2. The average Bonchev–Trinajstić information content (AvgIpc) is 3.14. The topological polar surface area (TPSA) is 87.9 Å². The number of carbonyl (C=O) groups is 2. The van der Waals surface area contributed by atoms with Crippen molar-refractivity contribution < 1.29 is 32.6 Å². The molecular weight excluding hydrogens is 381 g/mol. The fourth-order valence-corrected chi connectivity index (χ4v) is 2.58. The molecule has 0 aliphatic carbocycles. The summed E-state index contributed by atoms with van der Waals surface area (Å²) in [5.41, 5.74) is -0.0268. The summed E-state index contributed by atoms with van der Waals surface area (Å²) in [5, 5.41) is 0. The van der Waals surface area contributed by atoms with Crippen molar-refractivity contribution in [3.8, 4) is 5.75 Å². The Labute approximate surface area is 169 Å². The van der Waals surface area contributed by atoms with Gasteiger partial charge >= 0.3 is 5.97 Å². The van der Waals surface area contributed by atoms with E-state index < -0.39 is 23.3 Å². The van der Waals surface area contributed by atoms with Crippen LogP contribution in [0.25, 0.3) is 0 Å². The molecule has 1 heterocycles. The third kappa shape index (κ3) is 6.39. The van der Waals surface area contributed by atoms with Gasteiger partial charge in [-0.3, -0.25) is 4.79 Å². The van der Waals surface area contributed by atoms with Crippen molar-refractivity contribution in [3.05, 3.63) is 47.4 Å². The third-order valence-electron chi connectivity index (χ3n) is 3.98. The summed E-state index contributed by atoms with van der Waals surface area (Å²) in [5.74, 6) is -1.93. The van der Waals surface area contributed by atoms with Crippen LogP contribution in [0.3, 0.4) is 0 Å². The molecular formula is C21H26FNO6. The molecule has 0 fully saturated rings. The first-order valence-corrected chi connectivity index (χ1v) is 9.26. The molecule has 2 rings (SSSR count). The molecule has 158 valence electrons. The van der Waals surface area contributed by atoms with E-state index in [1.807, 2.05) is 20.8 Å². The lowest BCUT2D eigenvalue weighted by Gasteiger charge is -2.20. The zero-order valence-corrected chi connectivity index (χ0v) is 17.3. The molecule has 1 aromatic heterocycles. The standard InChI is InChI=1S/C21H26FNO6/c1-6-27-20(25)17-12-28-19(23-17)15(10-14(24)11-29-21(2,3)4)13-7-8-18(26-5)16(22)9-13/h7-9,12,15H,6,10-11H2,1-5H3. The number of ketones is 1. The molecule has 1 atom stereocenters. The van der Waals surface area contributed by atoms with E-state index in [9.17, 15) is 14.0 Å². The highest BCUT2D eigenvalue weighted by molar-refractivity contribution is 5.87. The number of esters is 1. The summed E-state index contributed by atoms with van der Waals surface area (Å²) in [6.07, 6.45) is 1.13. The zero-order valence-electron chi connectivity index (χ0n) is 17.3. The summed E-state index contributed by atoms with van der Waals surface area (Å²) in [7, 11) is 1.36. The lowest BCUT2D eigenvalue weighted by Crippen LogP contribution is -2.24. The van der Waals surface area contributed by atoms with E-state index in [1.54, 1.807) is 13.0 Å². The quantitative estimate of drug-likeness (QED) is 0.583. The summed E-state index contributed by atoms with van der Waals surface area (Å²) < 4.78 is 35.1. The van der Waals surface area contributed by atoms with Gasteiger partial charge in [-0.05, 0) is 45.4 Å². The van der Waals surface area contributed by atoms with E-state index in [1.165, 1.54) is 19.2 Å². The highest BCUT2D eigenvalue weighted by Gasteiger charge is 2.26. The van der Waals surface area contributed by atoms with Gasteiger partial charge in [0.1, 0.15) is 12.9 Å². The van der Waals surface area contributed by atoms with Gasteiger partial charge in [0, 0.05) is 6.42 Å². The Bertz CT molecular complexity index is 855.